The van der Waals surface area contributed by atoms with Gasteiger partial charge in [0.15, 0.2) is 17.7 Å². The maximum absolute atomic E-state index is 14.3. The molecule has 0 saturated carbocycles. The average molecular weight is 909 g/mol. The largest absolute Gasteiger partial charge is 0.370 e. The van der Waals surface area contributed by atoms with E-state index in [4.69, 9.17) is 40.1 Å². The molecule has 5 amide bonds. The lowest BCUT2D eigenvalue weighted by molar-refractivity contribution is -0.142. The Kier molecular flexibility index (Phi) is 29.8. The molecule has 63 heavy (non-hydrogen) atoms. The number of nitrogens with one attached hydrogen (secondary N) is 3. The Labute approximate surface area is 377 Å². The Morgan fingerprint density at radius 3 is 1.68 bits per heavy atom. The summed E-state index contributed by atoms with van der Waals surface area (Å²) >= 11 is 4.20. The fourth-order valence-corrected chi connectivity index (χ4v) is 7.18. The number of Topliss-reactive ketones (excluding diaryl/α,β-unsaturated/α-hetero) is 1. The number of rotatable bonds is 36. The molecule has 0 aliphatic heterocycles. The number of hydrogen-bond donors (Lipinski definition) is 11. The number of guanidine groups is 2. The van der Waals surface area contributed by atoms with Gasteiger partial charge in [-0.15, -0.1) is 0 Å². The summed E-state index contributed by atoms with van der Waals surface area (Å²) in [5, 5.41) is 5.80. The van der Waals surface area contributed by atoms with Gasteiger partial charge in [0.25, 0.3) is 0 Å². The van der Waals surface area contributed by atoms with Crippen molar-refractivity contribution < 1.29 is 28.8 Å². The number of carbonyl (C=O) groups excluding carboxylic acids is 6. The van der Waals surface area contributed by atoms with Crippen LogP contribution in [0.4, 0.5) is 0 Å². The molecule has 0 fully saturated rings. The minimum absolute atomic E-state index is 0.0210. The third-order valence-corrected chi connectivity index (χ3v) is 10.4. The van der Waals surface area contributed by atoms with Gasteiger partial charge in [-0.05, 0) is 83.6 Å². The number of carbonyl (C=O) groups is 6. The minimum Gasteiger partial charge on any atom is -0.370 e. The Hall–Kier alpha value is -5.00. The van der Waals surface area contributed by atoms with Crippen molar-refractivity contribution in [3.05, 3.63) is 18.2 Å². The van der Waals surface area contributed by atoms with Gasteiger partial charge in [-0.3, -0.25) is 38.8 Å². The van der Waals surface area contributed by atoms with Crippen LogP contribution in [0, 0.1) is 0 Å². The molecule has 3 unspecified atom stereocenters. The highest BCUT2D eigenvalue weighted by Crippen LogP contribution is 2.16. The Morgan fingerprint density at radius 2 is 1.16 bits per heavy atom. The first-order valence-corrected chi connectivity index (χ1v) is 22.6. The van der Waals surface area contributed by atoms with E-state index >= 15 is 0 Å². The van der Waals surface area contributed by atoms with Crippen LogP contribution >= 0.6 is 12.6 Å². The van der Waals surface area contributed by atoms with Crippen molar-refractivity contribution in [2.45, 2.75) is 115 Å². The molecule has 0 aromatic carbocycles. The van der Waals surface area contributed by atoms with E-state index in [-0.39, 0.29) is 119 Å². The summed E-state index contributed by atoms with van der Waals surface area (Å²) in [6.07, 6.45) is 8.71. The highest BCUT2D eigenvalue weighted by atomic mass is 32.1. The predicted molar refractivity (Wildman–Crippen MR) is 248 cm³/mol. The van der Waals surface area contributed by atoms with Crippen molar-refractivity contribution >= 4 is 59.9 Å². The van der Waals surface area contributed by atoms with Crippen molar-refractivity contribution in [3.63, 3.8) is 0 Å². The van der Waals surface area contributed by atoms with Gasteiger partial charge in [0.1, 0.15) is 12.1 Å². The second kappa shape index (κ2) is 33.5. The third kappa shape index (κ3) is 23.3. The van der Waals surface area contributed by atoms with Gasteiger partial charge in [-0.25, -0.2) is 4.98 Å². The second-order valence-corrected chi connectivity index (χ2v) is 15.6. The summed E-state index contributed by atoms with van der Waals surface area (Å²) in [5.74, 6) is -1.92. The van der Waals surface area contributed by atoms with Crippen molar-refractivity contribution in [1.29, 1.82) is 0 Å². The lowest BCUT2D eigenvalue weighted by atomic mass is 10.0. The van der Waals surface area contributed by atoms with E-state index in [2.05, 4.69) is 43.2 Å². The molecule has 0 aliphatic carbocycles. The topological polar surface area (TPSA) is 372 Å². The second-order valence-electron chi connectivity index (χ2n) is 15.1. The minimum atomic E-state index is -1.07. The first kappa shape index (κ1) is 56.0. The molecule has 1 aromatic heterocycles. The molecular weight excluding hydrogens is 833 g/mol. The fraction of sp³-hybridized carbons (Fsp3) is 0.725. The van der Waals surface area contributed by atoms with Crippen LogP contribution in [0.1, 0.15) is 96.1 Å². The smallest absolute Gasteiger partial charge is 0.243 e. The number of unbranched alkanes of at least 4 members (excludes halogenated alkanes) is 4. The van der Waals surface area contributed by atoms with Crippen LogP contribution in [0.3, 0.4) is 0 Å². The van der Waals surface area contributed by atoms with Gasteiger partial charge in [0.05, 0.1) is 12.4 Å². The monoisotopic (exact) mass is 909 g/mol. The third-order valence-electron chi connectivity index (χ3n) is 10.2. The molecule has 1 aromatic rings. The van der Waals surface area contributed by atoms with Crippen molar-refractivity contribution in [2.24, 2.45) is 50.1 Å². The maximum Gasteiger partial charge on any atom is 0.243 e. The van der Waals surface area contributed by atoms with Crippen LogP contribution in [-0.2, 0) is 35.2 Å². The predicted octanol–water partition coefficient (Wildman–Crippen LogP) is -2.21. The molecule has 3 atom stereocenters. The van der Waals surface area contributed by atoms with Crippen molar-refractivity contribution in [2.75, 3.05) is 71.2 Å². The van der Waals surface area contributed by atoms with E-state index in [1.165, 1.54) is 28.0 Å². The quantitative estimate of drug-likeness (QED) is 0.0147. The van der Waals surface area contributed by atoms with E-state index in [1.54, 1.807) is 6.20 Å². The number of aromatic amines is 1. The maximum atomic E-state index is 14.3. The van der Waals surface area contributed by atoms with E-state index in [1.807, 2.05) is 0 Å². The molecule has 22 nitrogen and oxygen atoms in total. The van der Waals surface area contributed by atoms with Gasteiger partial charge in [0.2, 0.25) is 29.5 Å². The van der Waals surface area contributed by atoms with Crippen molar-refractivity contribution in [3.8, 4) is 0 Å². The van der Waals surface area contributed by atoms with Gasteiger partial charge >= 0.3 is 0 Å². The zero-order valence-corrected chi connectivity index (χ0v) is 38.1. The Morgan fingerprint density at radius 1 is 0.651 bits per heavy atom. The lowest BCUT2D eigenvalue weighted by Crippen LogP contribution is -2.55. The summed E-state index contributed by atoms with van der Waals surface area (Å²) in [7, 11) is 0. The number of aromatic nitrogens is 2. The number of nitrogens with zero attached hydrogens (tertiary/aromatic N) is 6. The molecule has 0 bridgehead atoms. The number of amides is 5. The van der Waals surface area contributed by atoms with Crippen LogP contribution in [0.15, 0.2) is 22.5 Å². The van der Waals surface area contributed by atoms with Gasteiger partial charge in [0, 0.05) is 89.9 Å². The summed E-state index contributed by atoms with van der Waals surface area (Å²) in [5.41, 5.74) is 39.7. The number of imidazole rings is 1. The van der Waals surface area contributed by atoms with Crippen LogP contribution in [0.5, 0.6) is 0 Å². The SMILES string of the molecule is CC(=O)C(CCCCN)N(CCNC(=O)C(Cc1cnc[nH]1)N(CCNC(=O)C(CCCN=C(N)N)N(CCN)C(=O)CCS)C(=O)CCCCCN)C(=O)CCCCN=C(N)N. The fourth-order valence-electron chi connectivity index (χ4n) is 6.99. The molecule has 0 radical (unpaired) electrons. The van der Waals surface area contributed by atoms with Crippen LogP contribution < -0.4 is 50.8 Å². The summed E-state index contributed by atoms with van der Waals surface area (Å²) in [6, 6.07) is -2.71. The average Bonchev–Trinajstić information content (AvgIpc) is 3.76. The van der Waals surface area contributed by atoms with Gasteiger partial charge in [-0.1, -0.05) is 6.42 Å². The highest BCUT2D eigenvalue weighted by molar-refractivity contribution is 7.80. The van der Waals surface area contributed by atoms with E-state index in [0.29, 0.717) is 76.7 Å². The molecular formula is C40H76N16O6S. The number of aliphatic imine (C=N–C) groups is 2. The zero-order valence-electron chi connectivity index (χ0n) is 37.2. The molecule has 0 saturated heterocycles. The lowest BCUT2D eigenvalue weighted by Gasteiger charge is -2.33. The Bertz CT molecular complexity index is 1560. The number of thiol groups is 1. The van der Waals surface area contributed by atoms with E-state index in [9.17, 15) is 28.8 Å². The normalized spacial score (nSPS) is 12.3. The molecule has 358 valence electrons. The number of H-pyrrole nitrogens is 1. The first-order valence-electron chi connectivity index (χ1n) is 22.0. The van der Waals surface area contributed by atoms with Crippen LogP contribution in [0.2, 0.25) is 0 Å². The number of ketones is 1. The molecule has 17 N–H and O–H groups in total. The Balaban J connectivity index is 3.44. The molecule has 23 heteroatoms. The van der Waals surface area contributed by atoms with Gasteiger partial charge < -0.3 is 70.5 Å². The first-order chi connectivity index (χ1) is 30.2. The van der Waals surface area contributed by atoms with E-state index < -0.39 is 29.9 Å². The number of hydrogen-bond acceptors (Lipinski definition) is 13. The van der Waals surface area contributed by atoms with Crippen molar-refractivity contribution in [1.82, 2.24) is 35.3 Å². The number of nitrogens with two attached hydrogens (primary N) is 7. The summed E-state index contributed by atoms with van der Waals surface area (Å²) in [4.78, 5) is 101. The molecule has 1 heterocycles. The summed E-state index contributed by atoms with van der Waals surface area (Å²) in [6.45, 7) is 3.05. The summed E-state index contributed by atoms with van der Waals surface area (Å²) < 4.78 is 0. The molecule has 1 rings (SSSR count). The van der Waals surface area contributed by atoms with Crippen LogP contribution in [-0.4, -0.2) is 161 Å². The van der Waals surface area contributed by atoms with E-state index in [0.717, 1.165) is 6.42 Å². The molecule has 0 spiro atoms. The highest BCUT2D eigenvalue weighted by Gasteiger charge is 2.33. The standard InChI is InChI=1S/C40H76N16O6S/c1-29(57)31(10-4-7-16-42)55(34(58)13-5-8-18-51-39(44)45)23-20-50-38(62)33(26-30-27-48-28-53-30)56(35(59)12-3-2-6-15-41)24-21-49-37(61)32(11-9-19-52-40(46)47)54(22-17-43)36(60)14-25-63/h27-28,31-33,63H,2-26,41-43H2,1H3,(H,48,53)(H,49,61)(H,50,62)(H4,44,45,51)(H4,46,47,52). The van der Waals surface area contributed by atoms with Crippen LogP contribution in [0.25, 0.3) is 0 Å². The molecule has 0 aliphatic rings. The zero-order chi connectivity index (χ0) is 47.0. The van der Waals surface area contributed by atoms with Gasteiger partial charge in [-0.2, -0.15) is 12.6 Å².